The SMILES string of the molecule is COc1ccc(-c2cnn3c2NC(=O)C[C@@H]3C(=O)Nc2cccc(F)c2)cc1. The summed E-state index contributed by atoms with van der Waals surface area (Å²) in [4.78, 5) is 24.9. The summed E-state index contributed by atoms with van der Waals surface area (Å²) in [6.07, 6.45) is 1.54. The molecule has 2 heterocycles. The van der Waals surface area contributed by atoms with Crippen LogP contribution in [0.15, 0.2) is 54.7 Å². The maximum absolute atomic E-state index is 13.4. The minimum Gasteiger partial charge on any atom is -0.497 e. The molecule has 1 atom stereocenters. The van der Waals surface area contributed by atoms with Gasteiger partial charge in [0.2, 0.25) is 11.8 Å². The lowest BCUT2D eigenvalue weighted by Gasteiger charge is -2.24. The van der Waals surface area contributed by atoms with Crippen molar-refractivity contribution in [2.75, 3.05) is 17.7 Å². The van der Waals surface area contributed by atoms with Crippen molar-refractivity contribution in [2.24, 2.45) is 0 Å². The summed E-state index contributed by atoms with van der Waals surface area (Å²) < 4.78 is 20.0. The van der Waals surface area contributed by atoms with E-state index in [2.05, 4.69) is 15.7 Å². The second kappa shape index (κ2) is 7.15. The molecule has 3 aromatic rings. The lowest BCUT2D eigenvalue weighted by molar-refractivity contribution is -0.125. The molecule has 142 valence electrons. The van der Waals surface area contributed by atoms with E-state index in [0.717, 1.165) is 5.56 Å². The van der Waals surface area contributed by atoms with Gasteiger partial charge in [-0.3, -0.25) is 9.59 Å². The van der Waals surface area contributed by atoms with Gasteiger partial charge < -0.3 is 15.4 Å². The molecule has 2 amide bonds. The first-order valence-corrected chi connectivity index (χ1v) is 8.63. The second-order valence-corrected chi connectivity index (χ2v) is 6.35. The van der Waals surface area contributed by atoms with Crippen molar-refractivity contribution in [3.8, 4) is 16.9 Å². The minimum absolute atomic E-state index is 0.0577. The summed E-state index contributed by atoms with van der Waals surface area (Å²) in [6.45, 7) is 0. The predicted molar refractivity (Wildman–Crippen MR) is 102 cm³/mol. The maximum Gasteiger partial charge on any atom is 0.249 e. The average molecular weight is 380 g/mol. The minimum atomic E-state index is -0.834. The third kappa shape index (κ3) is 3.32. The van der Waals surface area contributed by atoms with Crippen molar-refractivity contribution in [3.05, 3.63) is 60.5 Å². The van der Waals surface area contributed by atoms with Gasteiger partial charge in [0.15, 0.2) is 0 Å². The first-order valence-electron chi connectivity index (χ1n) is 8.63. The highest BCUT2D eigenvalue weighted by Crippen LogP contribution is 2.35. The smallest absolute Gasteiger partial charge is 0.249 e. The van der Waals surface area contributed by atoms with Gasteiger partial charge in [-0.2, -0.15) is 5.10 Å². The number of nitrogens with one attached hydrogen (secondary N) is 2. The summed E-state index contributed by atoms with van der Waals surface area (Å²) >= 11 is 0. The first-order chi connectivity index (χ1) is 13.5. The van der Waals surface area contributed by atoms with E-state index in [0.29, 0.717) is 22.8 Å². The predicted octanol–water partition coefficient (Wildman–Crippen LogP) is 3.22. The van der Waals surface area contributed by atoms with Gasteiger partial charge in [-0.15, -0.1) is 0 Å². The Morgan fingerprint density at radius 3 is 2.79 bits per heavy atom. The quantitative estimate of drug-likeness (QED) is 0.728. The lowest BCUT2D eigenvalue weighted by atomic mass is 10.1. The molecule has 0 unspecified atom stereocenters. The number of halogens is 1. The Labute approximate surface area is 160 Å². The van der Waals surface area contributed by atoms with Gasteiger partial charge in [0, 0.05) is 11.3 Å². The molecule has 0 spiro atoms. The van der Waals surface area contributed by atoms with E-state index in [1.54, 1.807) is 31.5 Å². The van der Waals surface area contributed by atoms with Crippen LogP contribution in [0.25, 0.3) is 11.1 Å². The van der Waals surface area contributed by atoms with E-state index in [4.69, 9.17) is 4.74 Å². The zero-order valence-corrected chi connectivity index (χ0v) is 15.0. The number of methoxy groups -OCH3 is 1. The first kappa shape index (κ1) is 17.7. The zero-order valence-electron chi connectivity index (χ0n) is 15.0. The summed E-state index contributed by atoms with van der Waals surface area (Å²) in [5, 5.41) is 9.73. The Kier molecular flexibility index (Phi) is 4.52. The van der Waals surface area contributed by atoms with Crippen molar-refractivity contribution < 1.29 is 18.7 Å². The highest BCUT2D eigenvalue weighted by Gasteiger charge is 2.33. The van der Waals surface area contributed by atoms with Crippen LogP contribution in [-0.4, -0.2) is 28.7 Å². The van der Waals surface area contributed by atoms with Crippen LogP contribution in [0, 0.1) is 5.82 Å². The fourth-order valence-electron chi connectivity index (χ4n) is 3.15. The van der Waals surface area contributed by atoms with Crippen molar-refractivity contribution in [1.82, 2.24) is 9.78 Å². The number of fused-ring (bicyclic) bond motifs is 1. The fourth-order valence-corrected chi connectivity index (χ4v) is 3.15. The Balaban J connectivity index is 1.65. The van der Waals surface area contributed by atoms with Crippen LogP contribution in [0.5, 0.6) is 5.75 Å². The molecular weight excluding hydrogens is 363 g/mol. The number of ether oxygens (including phenoxy) is 1. The topological polar surface area (TPSA) is 85.2 Å². The number of hydrogen-bond donors (Lipinski definition) is 2. The van der Waals surface area contributed by atoms with E-state index in [1.807, 2.05) is 12.1 Å². The molecule has 1 aliphatic rings. The van der Waals surface area contributed by atoms with Gasteiger partial charge in [0.1, 0.15) is 23.4 Å². The molecule has 7 nitrogen and oxygen atoms in total. The number of nitrogens with zero attached hydrogens (tertiary/aromatic N) is 2. The highest BCUT2D eigenvalue weighted by atomic mass is 19.1. The molecule has 0 bridgehead atoms. The molecule has 28 heavy (non-hydrogen) atoms. The van der Waals surface area contributed by atoms with Gasteiger partial charge in [-0.05, 0) is 35.9 Å². The van der Waals surface area contributed by atoms with E-state index in [1.165, 1.54) is 22.9 Å². The summed E-state index contributed by atoms with van der Waals surface area (Å²) in [5.74, 6) is -0.0315. The van der Waals surface area contributed by atoms with E-state index >= 15 is 0 Å². The van der Waals surface area contributed by atoms with E-state index < -0.39 is 17.8 Å². The third-order valence-corrected chi connectivity index (χ3v) is 4.52. The highest BCUT2D eigenvalue weighted by molar-refractivity contribution is 6.03. The molecule has 4 rings (SSSR count). The van der Waals surface area contributed by atoms with Gasteiger partial charge >= 0.3 is 0 Å². The molecule has 0 saturated heterocycles. The Hall–Kier alpha value is -3.68. The van der Waals surface area contributed by atoms with Crippen LogP contribution < -0.4 is 15.4 Å². The summed E-state index contributed by atoms with van der Waals surface area (Å²) in [5.41, 5.74) is 1.84. The number of aromatic nitrogens is 2. The Bertz CT molecular complexity index is 1050. The summed E-state index contributed by atoms with van der Waals surface area (Å²) in [7, 11) is 1.58. The average Bonchev–Trinajstić information content (AvgIpc) is 3.11. The largest absolute Gasteiger partial charge is 0.497 e. The van der Waals surface area contributed by atoms with Crippen molar-refractivity contribution >= 4 is 23.3 Å². The van der Waals surface area contributed by atoms with Crippen molar-refractivity contribution in [2.45, 2.75) is 12.5 Å². The van der Waals surface area contributed by atoms with E-state index in [-0.39, 0.29) is 12.3 Å². The van der Waals surface area contributed by atoms with Crippen LogP contribution in [0.1, 0.15) is 12.5 Å². The van der Waals surface area contributed by atoms with Gasteiger partial charge in [0.05, 0.1) is 19.7 Å². The van der Waals surface area contributed by atoms with Gasteiger partial charge in [-0.25, -0.2) is 9.07 Å². The standard InChI is InChI=1S/C20H17FN4O3/c1-28-15-7-5-12(6-8-15)16-11-22-25-17(10-18(26)24-19(16)25)20(27)23-14-4-2-3-13(21)9-14/h2-9,11,17H,10H2,1H3,(H,23,27)(H,24,26)/t17-/m1/s1. The van der Waals surface area contributed by atoms with Crippen LogP contribution in [0.4, 0.5) is 15.9 Å². The van der Waals surface area contributed by atoms with Crippen LogP contribution in [0.2, 0.25) is 0 Å². The number of amides is 2. The normalized spacial score (nSPS) is 15.5. The maximum atomic E-state index is 13.4. The lowest BCUT2D eigenvalue weighted by Crippen LogP contribution is -2.35. The van der Waals surface area contributed by atoms with Gasteiger partial charge in [0.25, 0.3) is 0 Å². The number of anilines is 2. The number of carbonyl (C=O) groups excluding carboxylic acids is 2. The fraction of sp³-hybridized carbons (Fsp3) is 0.150. The van der Waals surface area contributed by atoms with Crippen LogP contribution >= 0.6 is 0 Å². The van der Waals surface area contributed by atoms with Gasteiger partial charge in [-0.1, -0.05) is 18.2 Å². The third-order valence-electron chi connectivity index (χ3n) is 4.52. The molecule has 0 radical (unpaired) electrons. The molecule has 0 saturated carbocycles. The van der Waals surface area contributed by atoms with Crippen molar-refractivity contribution in [3.63, 3.8) is 0 Å². The number of rotatable bonds is 4. The molecule has 0 fully saturated rings. The summed E-state index contributed by atoms with van der Waals surface area (Å²) in [6, 6.07) is 12.0. The molecule has 0 aliphatic carbocycles. The molecule has 2 N–H and O–H groups in total. The van der Waals surface area contributed by atoms with Crippen LogP contribution in [0.3, 0.4) is 0 Å². The Morgan fingerprint density at radius 1 is 1.29 bits per heavy atom. The monoisotopic (exact) mass is 380 g/mol. The molecule has 8 heteroatoms. The molecular formula is C20H17FN4O3. The number of carbonyl (C=O) groups is 2. The Morgan fingerprint density at radius 2 is 2.07 bits per heavy atom. The number of hydrogen-bond acceptors (Lipinski definition) is 4. The molecule has 1 aromatic heterocycles. The molecule has 2 aromatic carbocycles. The van der Waals surface area contributed by atoms with E-state index in [9.17, 15) is 14.0 Å². The zero-order chi connectivity index (χ0) is 19.7. The second-order valence-electron chi connectivity index (χ2n) is 6.35. The number of benzene rings is 2. The van der Waals surface area contributed by atoms with Crippen LogP contribution in [-0.2, 0) is 9.59 Å². The van der Waals surface area contributed by atoms with Crippen molar-refractivity contribution in [1.29, 1.82) is 0 Å². The molecule has 1 aliphatic heterocycles.